The quantitative estimate of drug-likeness (QED) is 0.734. The van der Waals surface area contributed by atoms with Crippen LogP contribution in [-0.4, -0.2) is 33.8 Å². The standard InChI is InChI=1S/C12H17NO4/c14-10-3-1-2-4-11(15)13(10)9-6-5-8(7-9)12(16)17/h8-9H,1-7H2,(H,16,17). The van der Waals surface area contributed by atoms with Crippen molar-refractivity contribution < 1.29 is 19.5 Å². The molecule has 1 heterocycles. The van der Waals surface area contributed by atoms with Crippen LogP contribution in [-0.2, 0) is 14.4 Å². The van der Waals surface area contributed by atoms with Crippen LogP contribution in [0.3, 0.4) is 0 Å². The number of carboxylic acid groups (broad SMARTS) is 1. The van der Waals surface area contributed by atoms with E-state index >= 15 is 0 Å². The molecule has 2 fully saturated rings. The van der Waals surface area contributed by atoms with Crippen LogP contribution >= 0.6 is 0 Å². The van der Waals surface area contributed by atoms with Gasteiger partial charge in [-0.1, -0.05) is 0 Å². The third-order valence-corrected chi connectivity index (χ3v) is 3.69. The summed E-state index contributed by atoms with van der Waals surface area (Å²) >= 11 is 0. The molecule has 5 nitrogen and oxygen atoms in total. The fourth-order valence-electron chi connectivity index (χ4n) is 2.76. The van der Waals surface area contributed by atoms with Crippen molar-refractivity contribution in [3.8, 4) is 0 Å². The number of carbonyl (C=O) groups is 3. The molecule has 1 aliphatic carbocycles. The van der Waals surface area contributed by atoms with E-state index in [9.17, 15) is 14.4 Å². The molecule has 2 amide bonds. The van der Waals surface area contributed by atoms with E-state index in [1.807, 2.05) is 0 Å². The van der Waals surface area contributed by atoms with Gasteiger partial charge in [0.05, 0.1) is 5.92 Å². The Morgan fingerprint density at radius 1 is 1.12 bits per heavy atom. The highest BCUT2D eigenvalue weighted by atomic mass is 16.4. The minimum Gasteiger partial charge on any atom is -0.481 e. The van der Waals surface area contributed by atoms with Gasteiger partial charge in [-0.05, 0) is 32.1 Å². The molecule has 2 unspecified atom stereocenters. The number of likely N-dealkylation sites (tertiary alicyclic amines) is 1. The average Bonchev–Trinajstić information content (AvgIpc) is 2.68. The molecule has 17 heavy (non-hydrogen) atoms. The highest BCUT2D eigenvalue weighted by Crippen LogP contribution is 2.31. The smallest absolute Gasteiger partial charge is 0.306 e. The van der Waals surface area contributed by atoms with E-state index in [1.54, 1.807) is 0 Å². The molecule has 1 saturated heterocycles. The molecule has 5 heteroatoms. The fraction of sp³-hybridized carbons (Fsp3) is 0.750. The van der Waals surface area contributed by atoms with Crippen LogP contribution in [0.5, 0.6) is 0 Å². The number of aliphatic carboxylic acids is 1. The van der Waals surface area contributed by atoms with E-state index in [4.69, 9.17) is 5.11 Å². The van der Waals surface area contributed by atoms with E-state index < -0.39 is 11.9 Å². The highest BCUT2D eigenvalue weighted by Gasteiger charge is 2.38. The lowest BCUT2D eigenvalue weighted by atomic mass is 10.1. The summed E-state index contributed by atoms with van der Waals surface area (Å²) in [6, 6.07) is -0.186. The highest BCUT2D eigenvalue weighted by molar-refractivity contribution is 5.96. The zero-order chi connectivity index (χ0) is 12.4. The number of imide groups is 1. The van der Waals surface area contributed by atoms with Crippen LogP contribution in [0.25, 0.3) is 0 Å². The molecular formula is C12H17NO4. The molecule has 0 bridgehead atoms. The Labute approximate surface area is 99.8 Å². The average molecular weight is 239 g/mol. The molecule has 0 aromatic heterocycles. The summed E-state index contributed by atoms with van der Waals surface area (Å²) in [6.07, 6.45) is 3.98. The minimum absolute atomic E-state index is 0.122. The molecule has 1 saturated carbocycles. The maximum Gasteiger partial charge on any atom is 0.306 e. The Bertz CT molecular complexity index is 334. The van der Waals surface area contributed by atoms with Crippen LogP contribution in [0.15, 0.2) is 0 Å². The van der Waals surface area contributed by atoms with Crippen LogP contribution in [0.2, 0.25) is 0 Å². The molecular weight excluding hydrogens is 222 g/mol. The van der Waals surface area contributed by atoms with E-state index in [2.05, 4.69) is 0 Å². The van der Waals surface area contributed by atoms with Crippen LogP contribution in [0.1, 0.15) is 44.9 Å². The summed E-state index contributed by atoms with van der Waals surface area (Å²) in [5, 5.41) is 8.93. The SMILES string of the molecule is O=C(O)C1CCC(N2C(=O)CCCCC2=O)C1. The van der Waals surface area contributed by atoms with Gasteiger partial charge < -0.3 is 5.11 Å². The molecule has 0 spiro atoms. The Balaban J connectivity index is 2.07. The van der Waals surface area contributed by atoms with Gasteiger partial charge in [-0.2, -0.15) is 0 Å². The van der Waals surface area contributed by atoms with Gasteiger partial charge in [0.15, 0.2) is 0 Å². The van der Waals surface area contributed by atoms with Gasteiger partial charge >= 0.3 is 5.97 Å². The summed E-state index contributed by atoms with van der Waals surface area (Å²) in [5.41, 5.74) is 0. The third-order valence-electron chi connectivity index (χ3n) is 3.69. The maximum atomic E-state index is 11.8. The first-order chi connectivity index (χ1) is 8.09. The molecule has 2 atom stereocenters. The number of hydrogen-bond donors (Lipinski definition) is 1. The van der Waals surface area contributed by atoms with Gasteiger partial charge in [-0.25, -0.2) is 0 Å². The number of hydrogen-bond acceptors (Lipinski definition) is 3. The van der Waals surface area contributed by atoms with Gasteiger partial charge in [0.25, 0.3) is 0 Å². The van der Waals surface area contributed by atoms with Crippen molar-refractivity contribution in [2.24, 2.45) is 5.92 Å². The first-order valence-electron chi connectivity index (χ1n) is 6.17. The predicted molar refractivity (Wildman–Crippen MR) is 59.1 cm³/mol. The molecule has 0 radical (unpaired) electrons. The van der Waals surface area contributed by atoms with Crippen LogP contribution in [0, 0.1) is 5.92 Å². The van der Waals surface area contributed by atoms with Crippen LogP contribution < -0.4 is 0 Å². The maximum absolute atomic E-state index is 11.8. The van der Waals surface area contributed by atoms with Gasteiger partial charge in [0, 0.05) is 18.9 Å². The Kier molecular flexibility index (Phi) is 3.45. The largest absolute Gasteiger partial charge is 0.481 e. The lowest BCUT2D eigenvalue weighted by Crippen LogP contribution is -2.42. The van der Waals surface area contributed by atoms with Gasteiger partial charge in [0.1, 0.15) is 0 Å². The molecule has 2 rings (SSSR count). The van der Waals surface area contributed by atoms with Crippen molar-refractivity contribution in [2.45, 2.75) is 51.0 Å². The molecule has 2 aliphatic rings. The number of nitrogens with zero attached hydrogens (tertiary/aromatic N) is 1. The van der Waals surface area contributed by atoms with Crippen molar-refractivity contribution in [3.05, 3.63) is 0 Å². The number of rotatable bonds is 2. The molecule has 94 valence electrons. The molecule has 0 aromatic carbocycles. The molecule has 1 aliphatic heterocycles. The van der Waals surface area contributed by atoms with E-state index in [1.165, 1.54) is 4.90 Å². The second-order valence-electron chi connectivity index (χ2n) is 4.87. The Morgan fingerprint density at radius 3 is 2.18 bits per heavy atom. The fourth-order valence-corrected chi connectivity index (χ4v) is 2.76. The summed E-state index contributed by atoms with van der Waals surface area (Å²) in [6.45, 7) is 0. The Morgan fingerprint density at radius 2 is 1.71 bits per heavy atom. The zero-order valence-corrected chi connectivity index (χ0v) is 9.72. The van der Waals surface area contributed by atoms with Gasteiger partial charge in [-0.3, -0.25) is 19.3 Å². The van der Waals surface area contributed by atoms with Crippen molar-refractivity contribution >= 4 is 17.8 Å². The number of carboxylic acids is 1. The van der Waals surface area contributed by atoms with E-state index in [0.29, 0.717) is 32.1 Å². The van der Waals surface area contributed by atoms with E-state index in [-0.39, 0.29) is 17.9 Å². The lowest BCUT2D eigenvalue weighted by molar-refractivity contribution is -0.148. The summed E-state index contributed by atoms with van der Waals surface area (Å²) in [7, 11) is 0. The van der Waals surface area contributed by atoms with Crippen molar-refractivity contribution in [2.75, 3.05) is 0 Å². The number of amides is 2. The topological polar surface area (TPSA) is 74.7 Å². The summed E-state index contributed by atoms with van der Waals surface area (Å²) in [5.74, 6) is -1.46. The first kappa shape index (κ1) is 12.1. The first-order valence-corrected chi connectivity index (χ1v) is 6.17. The zero-order valence-electron chi connectivity index (χ0n) is 9.72. The monoisotopic (exact) mass is 239 g/mol. The van der Waals surface area contributed by atoms with E-state index in [0.717, 1.165) is 12.8 Å². The van der Waals surface area contributed by atoms with Gasteiger partial charge in [0.2, 0.25) is 11.8 Å². The Hall–Kier alpha value is -1.39. The van der Waals surface area contributed by atoms with Crippen molar-refractivity contribution in [1.82, 2.24) is 4.90 Å². The molecule has 1 N–H and O–H groups in total. The normalized spacial score (nSPS) is 30.5. The van der Waals surface area contributed by atoms with Gasteiger partial charge in [-0.15, -0.1) is 0 Å². The summed E-state index contributed by atoms with van der Waals surface area (Å²) in [4.78, 5) is 35.9. The third kappa shape index (κ3) is 2.48. The number of carbonyl (C=O) groups excluding carboxylic acids is 2. The minimum atomic E-state index is -0.817. The lowest BCUT2D eigenvalue weighted by Gasteiger charge is -2.25. The summed E-state index contributed by atoms with van der Waals surface area (Å²) < 4.78 is 0. The predicted octanol–water partition coefficient (Wildman–Crippen LogP) is 1.17. The molecule has 0 aromatic rings. The van der Waals surface area contributed by atoms with Crippen molar-refractivity contribution in [1.29, 1.82) is 0 Å². The van der Waals surface area contributed by atoms with Crippen molar-refractivity contribution in [3.63, 3.8) is 0 Å². The second-order valence-corrected chi connectivity index (χ2v) is 4.87. The van der Waals surface area contributed by atoms with Crippen LogP contribution in [0.4, 0.5) is 0 Å². The second kappa shape index (κ2) is 4.85.